The van der Waals surface area contributed by atoms with Crippen molar-refractivity contribution in [1.82, 2.24) is 5.32 Å². The average Bonchev–Trinajstić information content (AvgIpc) is 2.99. The number of carbonyl (C=O) groups is 1. The van der Waals surface area contributed by atoms with Gasteiger partial charge in [-0.3, -0.25) is 9.79 Å². The predicted molar refractivity (Wildman–Crippen MR) is 91.1 cm³/mol. The molecule has 0 unspecified atom stereocenters. The SMILES string of the molecule is O=C(NCc1ccc2c(c1F)OCO2)c1ccc2c(c1)CC=CC=N2. The Morgan fingerprint density at radius 3 is 3.08 bits per heavy atom. The van der Waals surface area contributed by atoms with Crippen LogP contribution in [0.3, 0.4) is 0 Å². The first-order valence-electron chi connectivity index (χ1n) is 7.89. The van der Waals surface area contributed by atoms with Crippen LogP contribution in [0.2, 0.25) is 0 Å². The van der Waals surface area contributed by atoms with Crippen LogP contribution in [0.25, 0.3) is 0 Å². The van der Waals surface area contributed by atoms with Gasteiger partial charge >= 0.3 is 0 Å². The van der Waals surface area contributed by atoms with Crippen molar-refractivity contribution >= 4 is 17.8 Å². The molecule has 5 nitrogen and oxygen atoms in total. The molecule has 0 atom stereocenters. The summed E-state index contributed by atoms with van der Waals surface area (Å²) < 4.78 is 24.5. The molecule has 2 heterocycles. The molecular weight excluding hydrogens is 323 g/mol. The average molecular weight is 338 g/mol. The first kappa shape index (κ1) is 15.4. The third kappa shape index (κ3) is 2.98. The number of rotatable bonds is 3. The number of aliphatic imine (C=N–C) groups is 1. The molecule has 126 valence electrons. The Labute approximate surface area is 143 Å². The van der Waals surface area contributed by atoms with Crippen LogP contribution in [0.15, 0.2) is 47.5 Å². The quantitative estimate of drug-likeness (QED) is 0.934. The first-order valence-corrected chi connectivity index (χ1v) is 7.89. The maximum absolute atomic E-state index is 14.3. The van der Waals surface area contributed by atoms with Crippen LogP contribution in [0.5, 0.6) is 11.5 Å². The van der Waals surface area contributed by atoms with E-state index in [0.29, 0.717) is 23.3 Å². The molecule has 0 aromatic heterocycles. The molecule has 0 spiro atoms. The second kappa shape index (κ2) is 6.39. The van der Waals surface area contributed by atoms with E-state index in [4.69, 9.17) is 9.47 Å². The summed E-state index contributed by atoms with van der Waals surface area (Å²) in [6.45, 7) is 0.0740. The minimum absolute atomic E-state index is 0.00806. The van der Waals surface area contributed by atoms with Crippen molar-refractivity contribution < 1.29 is 18.7 Å². The summed E-state index contributed by atoms with van der Waals surface area (Å²) in [5, 5.41) is 2.74. The van der Waals surface area contributed by atoms with E-state index in [0.717, 1.165) is 11.3 Å². The lowest BCUT2D eigenvalue weighted by atomic mass is 10.1. The van der Waals surface area contributed by atoms with Gasteiger partial charge in [0, 0.05) is 23.9 Å². The van der Waals surface area contributed by atoms with E-state index in [-0.39, 0.29) is 25.0 Å². The standard InChI is InChI=1S/C19H15FN2O3/c20-17-14(5-7-16-18(17)25-11-24-16)10-22-19(23)13-4-6-15-12(9-13)3-1-2-8-21-15/h1-2,4-9H,3,10-11H2,(H,22,23). The third-order valence-electron chi connectivity index (χ3n) is 4.11. The summed E-state index contributed by atoms with van der Waals surface area (Å²) in [6, 6.07) is 8.56. The lowest BCUT2D eigenvalue weighted by Gasteiger charge is -2.09. The fraction of sp³-hybridized carbons (Fsp3) is 0.158. The Bertz CT molecular complexity index is 906. The number of hydrogen-bond donors (Lipinski definition) is 1. The molecule has 2 aromatic rings. The van der Waals surface area contributed by atoms with E-state index < -0.39 is 5.82 Å². The Kier molecular flexibility index (Phi) is 3.93. The molecule has 1 amide bonds. The highest BCUT2D eigenvalue weighted by Crippen LogP contribution is 2.36. The highest BCUT2D eigenvalue weighted by atomic mass is 19.1. The molecule has 0 bridgehead atoms. The van der Waals surface area contributed by atoms with Crippen LogP contribution in [-0.4, -0.2) is 18.9 Å². The van der Waals surface area contributed by atoms with Gasteiger partial charge in [-0.2, -0.15) is 0 Å². The first-order chi connectivity index (χ1) is 12.2. The van der Waals surface area contributed by atoms with Gasteiger partial charge in [-0.15, -0.1) is 0 Å². The number of hydrogen-bond acceptors (Lipinski definition) is 4. The molecule has 1 N–H and O–H groups in total. The van der Waals surface area contributed by atoms with E-state index in [1.807, 2.05) is 24.3 Å². The molecule has 0 saturated carbocycles. The fourth-order valence-corrected chi connectivity index (χ4v) is 2.79. The molecule has 0 saturated heterocycles. The van der Waals surface area contributed by atoms with Gasteiger partial charge < -0.3 is 14.8 Å². The number of allylic oxidation sites excluding steroid dienone is 2. The fourth-order valence-electron chi connectivity index (χ4n) is 2.79. The Morgan fingerprint density at radius 1 is 1.24 bits per heavy atom. The Hall–Kier alpha value is -3.15. The van der Waals surface area contributed by atoms with E-state index in [9.17, 15) is 9.18 Å². The van der Waals surface area contributed by atoms with Gasteiger partial charge in [-0.05, 0) is 42.3 Å². The maximum atomic E-state index is 14.3. The van der Waals surface area contributed by atoms with E-state index in [1.54, 1.807) is 24.4 Å². The lowest BCUT2D eigenvalue weighted by Crippen LogP contribution is -2.23. The van der Waals surface area contributed by atoms with Gasteiger partial charge in [-0.1, -0.05) is 12.1 Å². The van der Waals surface area contributed by atoms with Gasteiger partial charge in [0.1, 0.15) is 0 Å². The number of nitrogens with one attached hydrogen (secondary N) is 1. The Morgan fingerprint density at radius 2 is 2.16 bits per heavy atom. The van der Waals surface area contributed by atoms with Gasteiger partial charge in [0.2, 0.25) is 12.5 Å². The van der Waals surface area contributed by atoms with Crippen molar-refractivity contribution in [1.29, 1.82) is 0 Å². The molecule has 6 heteroatoms. The smallest absolute Gasteiger partial charge is 0.251 e. The van der Waals surface area contributed by atoms with Crippen LogP contribution < -0.4 is 14.8 Å². The summed E-state index contributed by atoms with van der Waals surface area (Å²) in [5.74, 6) is -0.290. The maximum Gasteiger partial charge on any atom is 0.251 e. The van der Waals surface area contributed by atoms with Crippen LogP contribution in [0, 0.1) is 5.82 Å². The summed E-state index contributed by atoms with van der Waals surface area (Å²) in [5.41, 5.74) is 2.69. The number of amides is 1. The predicted octanol–water partition coefficient (Wildman–Crippen LogP) is 3.30. The second-order valence-electron chi connectivity index (χ2n) is 5.71. The van der Waals surface area contributed by atoms with Crippen molar-refractivity contribution in [2.75, 3.05) is 6.79 Å². The highest BCUT2D eigenvalue weighted by Gasteiger charge is 2.21. The molecule has 2 aliphatic heterocycles. The van der Waals surface area contributed by atoms with Gasteiger partial charge in [0.05, 0.1) is 5.69 Å². The highest BCUT2D eigenvalue weighted by molar-refractivity contribution is 5.95. The number of benzene rings is 2. The minimum atomic E-state index is -0.503. The normalized spacial score (nSPS) is 14.1. The zero-order valence-corrected chi connectivity index (χ0v) is 13.3. The lowest BCUT2D eigenvalue weighted by molar-refractivity contribution is 0.0950. The summed E-state index contributed by atoms with van der Waals surface area (Å²) in [6.07, 6.45) is 6.31. The second-order valence-corrected chi connectivity index (χ2v) is 5.71. The van der Waals surface area contributed by atoms with Crippen LogP contribution in [-0.2, 0) is 13.0 Å². The van der Waals surface area contributed by atoms with Crippen molar-refractivity contribution in [3.63, 3.8) is 0 Å². The molecule has 25 heavy (non-hydrogen) atoms. The number of fused-ring (bicyclic) bond motifs is 2. The molecule has 0 fully saturated rings. The summed E-state index contributed by atoms with van der Waals surface area (Å²) >= 11 is 0. The van der Waals surface area contributed by atoms with Gasteiger partial charge in [0.25, 0.3) is 5.91 Å². The topological polar surface area (TPSA) is 59.9 Å². The van der Waals surface area contributed by atoms with E-state index in [2.05, 4.69) is 10.3 Å². The van der Waals surface area contributed by atoms with Crippen molar-refractivity contribution in [3.05, 3.63) is 65.0 Å². The molecule has 2 aromatic carbocycles. The van der Waals surface area contributed by atoms with E-state index >= 15 is 0 Å². The van der Waals surface area contributed by atoms with Crippen LogP contribution in [0.4, 0.5) is 10.1 Å². The Balaban J connectivity index is 1.49. The van der Waals surface area contributed by atoms with Crippen LogP contribution in [0.1, 0.15) is 21.5 Å². The summed E-state index contributed by atoms with van der Waals surface area (Å²) in [4.78, 5) is 16.7. The number of halogens is 1. The van der Waals surface area contributed by atoms with Gasteiger partial charge in [0.15, 0.2) is 11.6 Å². The molecule has 2 aliphatic rings. The number of carbonyl (C=O) groups excluding carboxylic acids is 1. The number of nitrogens with zero attached hydrogens (tertiary/aromatic N) is 1. The molecular formula is C19H15FN2O3. The minimum Gasteiger partial charge on any atom is -0.453 e. The number of ether oxygens (including phenoxy) is 2. The van der Waals surface area contributed by atoms with Crippen molar-refractivity contribution in [2.45, 2.75) is 13.0 Å². The largest absolute Gasteiger partial charge is 0.453 e. The molecule has 0 aliphatic carbocycles. The molecule has 4 rings (SSSR count). The van der Waals surface area contributed by atoms with Gasteiger partial charge in [-0.25, -0.2) is 4.39 Å². The zero-order valence-electron chi connectivity index (χ0n) is 13.3. The van der Waals surface area contributed by atoms with Crippen molar-refractivity contribution in [2.24, 2.45) is 4.99 Å². The zero-order chi connectivity index (χ0) is 17.2. The third-order valence-corrected chi connectivity index (χ3v) is 4.11. The van der Waals surface area contributed by atoms with Crippen LogP contribution >= 0.6 is 0 Å². The van der Waals surface area contributed by atoms with Crippen molar-refractivity contribution in [3.8, 4) is 11.5 Å². The molecule has 0 radical (unpaired) electrons. The summed E-state index contributed by atoms with van der Waals surface area (Å²) in [7, 11) is 0. The monoisotopic (exact) mass is 338 g/mol. The van der Waals surface area contributed by atoms with E-state index in [1.165, 1.54) is 0 Å².